The quantitative estimate of drug-likeness (QED) is 0.559. The zero-order valence-corrected chi connectivity index (χ0v) is 11.4. The number of hydrogen-bond donors (Lipinski definition) is 0. The molecular formula is C14H19N3O2. The van der Waals surface area contributed by atoms with Crippen LogP contribution in [0.25, 0.3) is 0 Å². The van der Waals surface area contributed by atoms with E-state index in [4.69, 9.17) is 5.26 Å². The normalized spacial score (nSPS) is 10.7. The molecule has 0 saturated heterocycles. The van der Waals surface area contributed by atoms with Crippen LogP contribution in [0.2, 0.25) is 0 Å². The van der Waals surface area contributed by atoms with Crippen LogP contribution in [0.3, 0.4) is 0 Å². The van der Waals surface area contributed by atoms with Gasteiger partial charge in [0.15, 0.2) is 0 Å². The van der Waals surface area contributed by atoms with E-state index in [1.165, 1.54) is 6.07 Å². The molecule has 19 heavy (non-hydrogen) atoms. The number of nitrogens with zero attached hydrogens (tertiary/aromatic N) is 3. The molecule has 0 unspecified atom stereocenters. The summed E-state index contributed by atoms with van der Waals surface area (Å²) in [5.74, 6) is 0. The Balaban J connectivity index is 2.69. The van der Waals surface area contributed by atoms with Crippen LogP contribution < -0.4 is 0 Å². The lowest BCUT2D eigenvalue weighted by Crippen LogP contribution is -2.33. The largest absolute Gasteiger partial charge is 0.300 e. The number of benzene rings is 1. The number of para-hydroxylation sites is 1. The topological polar surface area (TPSA) is 70.2 Å². The Labute approximate surface area is 113 Å². The van der Waals surface area contributed by atoms with Crippen molar-refractivity contribution in [2.75, 3.05) is 13.1 Å². The summed E-state index contributed by atoms with van der Waals surface area (Å²) in [6.45, 7) is 5.56. The Morgan fingerprint density at radius 2 is 2.05 bits per heavy atom. The van der Waals surface area contributed by atoms with E-state index in [-0.39, 0.29) is 10.6 Å². The van der Waals surface area contributed by atoms with Gasteiger partial charge in [0.05, 0.1) is 11.0 Å². The van der Waals surface area contributed by atoms with Crippen molar-refractivity contribution in [2.45, 2.75) is 32.7 Å². The Hall–Kier alpha value is -1.93. The van der Waals surface area contributed by atoms with Gasteiger partial charge in [0.1, 0.15) is 0 Å². The van der Waals surface area contributed by atoms with Crippen LogP contribution in [-0.4, -0.2) is 29.0 Å². The van der Waals surface area contributed by atoms with Crippen LogP contribution in [0.1, 0.15) is 25.8 Å². The van der Waals surface area contributed by atoms with E-state index < -0.39 is 0 Å². The summed E-state index contributed by atoms with van der Waals surface area (Å²) in [5.41, 5.74) is 0.918. The molecule has 0 bridgehead atoms. The van der Waals surface area contributed by atoms with Crippen LogP contribution in [-0.2, 0) is 6.42 Å². The minimum atomic E-state index is -0.343. The fraction of sp³-hybridized carbons (Fsp3) is 0.500. The zero-order chi connectivity index (χ0) is 14.3. The summed E-state index contributed by atoms with van der Waals surface area (Å²) in [7, 11) is 0. The Morgan fingerprint density at radius 1 is 1.37 bits per heavy atom. The molecule has 0 heterocycles. The maximum absolute atomic E-state index is 10.9. The molecule has 0 fully saturated rings. The maximum atomic E-state index is 10.9. The molecule has 0 aliphatic carbocycles. The highest BCUT2D eigenvalue weighted by atomic mass is 16.6. The van der Waals surface area contributed by atoms with Gasteiger partial charge in [-0.2, -0.15) is 5.26 Å². The minimum absolute atomic E-state index is 0.173. The van der Waals surface area contributed by atoms with E-state index in [1.807, 2.05) is 6.07 Å². The van der Waals surface area contributed by atoms with Gasteiger partial charge in [-0.1, -0.05) is 18.2 Å². The summed E-state index contributed by atoms with van der Waals surface area (Å²) in [6, 6.07) is 9.28. The number of nitro groups is 1. The summed E-state index contributed by atoms with van der Waals surface area (Å²) in [5, 5.41) is 19.6. The minimum Gasteiger partial charge on any atom is -0.300 e. The van der Waals surface area contributed by atoms with Gasteiger partial charge in [-0.05, 0) is 20.3 Å². The highest BCUT2D eigenvalue weighted by Gasteiger charge is 2.14. The highest BCUT2D eigenvalue weighted by Crippen LogP contribution is 2.18. The average Bonchev–Trinajstić information content (AvgIpc) is 2.38. The lowest BCUT2D eigenvalue weighted by Gasteiger charge is -2.25. The molecule has 0 saturated carbocycles. The van der Waals surface area contributed by atoms with Gasteiger partial charge in [-0.3, -0.25) is 15.0 Å². The fourth-order valence-electron chi connectivity index (χ4n) is 1.99. The first kappa shape index (κ1) is 15.1. The number of hydrogen-bond acceptors (Lipinski definition) is 4. The second-order valence-electron chi connectivity index (χ2n) is 4.67. The highest BCUT2D eigenvalue weighted by molar-refractivity contribution is 5.39. The second-order valence-corrected chi connectivity index (χ2v) is 4.67. The third kappa shape index (κ3) is 4.68. The van der Waals surface area contributed by atoms with Crippen LogP contribution in [0.4, 0.5) is 5.69 Å². The first-order valence-corrected chi connectivity index (χ1v) is 6.39. The summed E-state index contributed by atoms with van der Waals surface area (Å²) < 4.78 is 0. The lowest BCUT2D eigenvalue weighted by molar-refractivity contribution is -0.385. The van der Waals surface area contributed by atoms with E-state index in [2.05, 4.69) is 24.8 Å². The molecule has 1 aromatic carbocycles. The van der Waals surface area contributed by atoms with Crippen molar-refractivity contribution in [3.63, 3.8) is 0 Å². The summed E-state index contributed by atoms with van der Waals surface area (Å²) >= 11 is 0. The number of nitriles is 1. The second kappa shape index (κ2) is 7.49. The first-order valence-electron chi connectivity index (χ1n) is 6.39. The third-order valence-corrected chi connectivity index (χ3v) is 3.10. The van der Waals surface area contributed by atoms with Crippen molar-refractivity contribution in [3.8, 4) is 6.07 Å². The zero-order valence-electron chi connectivity index (χ0n) is 11.4. The molecule has 0 spiro atoms. The van der Waals surface area contributed by atoms with Crippen LogP contribution in [0, 0.1) is 21.4 Å². The fourth-order valence-corrected chi connectivity index (χ4v) is 1.99. The molecule has 0 N–H and O–H groups in total. The molecule has 1 aromatic rings. The van der Waals surface area contributed by atoms with Crippen LogP contribution in [0.15, 0.2) is 24.3 Å². The van der Waals surface area contributed by atoms with Crippen molar-refractivity contribution >= 4 is 5.69 Å². The predicted molar refractivity (Wildman–Crippen MR) is 73.7 cm³/mol. The summed E-state index contributed by atoms with van der Waals surface area (Å²) in [6.07, 6.45) is 1.11. The molecule has 0 atom stereocenters. The van der Waals surface area contributed by atoms with Gasteiger partial charge in [0.25, 0.3) is 5.69 Å². The van der Waals surface area contributed by atoms with E-state index >= 15 is 0 Å². The summed E-state index contributed by atoms with van der Waals surface area (Å²) in [4.78, 5) is 12.7. The molecule has 0 radical (unpaired) electrons. The Bertz CT molecular complexity index is 466. The van der Waals surface area contributed by atoms with Crippen LogP contribution >= 0.6 is 0 Å². The first-order chi connectivity index (χ1) is 9.06. The van der Waals surface area contributed by atoms with Gasteiger partial charge >= 0.3 is 0 Å². The molecule has 5 nitrogen and oxygen atoms in total. The molecule has 102 valence electrons. The van der Waals surface area contributed by atoms with E-state index in [0.717, 1.165) is 12.1 Å². The van der Waals surface area contributed by atoms with Crippen molar-refractivity contribution < 1.29 is 4.92 Å². The Kier molecular flexibility index (Phi) is 5.97. The number of nitro benzene ring substituents is 1. The van der Waals surface area contributed by atoms with Gasteiger partial charge < -0.3 is 0 Å². The molecule has 0 aliphatic rings. The van der Waals surface area contributed by atoms with Gasteiger partial charge in [0, 0.05) is 37.2 Å². The molecular weight excluding hydrogens is 242 g/mol. The molecule has 1 rings (SSSR count). The average molecular weight is 261 g/mol. The molecule has 5 heteroatoms. The standard InChI is InChI=1S/C14H19N3O2/c1-12(2)16(10-5-9-15)11-8-13-6-3-4-7-14(13)17(18)19/h3-4,6-7,12H,5,8,10-11H2,1-2H3. The molecule has 0 amide bonds. The van der Waals surface area contributed by atoms with Crippen molar-refractivity contribution in [1.29, 1.82) is 5.26 Å². The van der Waals surface area contributed by atoms with Gasteiger partial charge in [-0.15, -0.1) is 0 Å². The SMILES string of the molecule is CC(C)N(CCC#N)CCc1ccccc1[N+](=O)[O-]. The van der Waals surface area contributed by atoms with Crippen molar-refractivity contribution in [1.82, 2.24) is 4.90 Å². The van der Waals surface area contributed by atoms with E-state index in [1.54, 1.807) is 12.1 Å². The third-order valence-electron chi connectivity index (χ3n) is 3.10. The molecule has 0 aromatic heterocycles. The predicted octanol–water partition coefficient (Wildman–Crippen LogP) is 2.76. The van der Waals surface area contributed by atoms with E-state index in [0.29, 0.717) is 25.4 Å². The maximum Gasteiger partial charge on any atom is 0.272 e. The van der Waals surface area contributed by atoms with Crippen molar-refractivity contribution in [3.05, 3.63) is 39.9 Å². The monoisotopic (exact) mass is 261 g/mol. The Morgan fingerprint density at radius 3 is 2.63 bits per heavy atom. The van der Waals surface area contributed by atoms with Gasteiger partial charge in [0.2, 0.25) is 0 Å². The van der Waals surface area contributed by atoms with Crippen molar-refractivity contribution in [2.24, 2.45) is 0 Å². The van der Waals surface area contributed by atoms with Crippen LogP contribution in [0.5, 0.6) is 0 Å². The smallest absolute Gasteiger partial charge is 0.272 e. The van der Waals surface area contributed by atoms with Gasteiger partial charge in [-0.25, -0.2) is 0 Å². The molecule has 0 aliphatic heterocycles. The number of rotatable bonds is 7. The lowest BCUT2D eigenvalue weighted by atomic mass is 10.1. The van der Waals surface area contributed by atoms with E-state index in [9.17, 15) is 10.1 Å².